The summed E-state index contributed by atoms with van der Waals surface area (Å²) in [7, 11) is 2.94. The molecule has 10 heteroatoms. The Hall–Kier alpha value is -4.47. The number of hydrogen-bond donors (Lipinski definition) is 1. The van der Waals surface area contributed by atoms with E-state index in [4.69, 9.17) is 18.6 Å². The van der Waals surface area contributed by atoms with Crippen molar-refractivity contribution in [2.75, 3.05) is 26.1 Å². The van der Waals surface area contributed by atoms with E-state index in [9.17, 15) is 22.8 Å². The molecule has 3 aromatic carbocycles. The first-order valence-electron chi connectivity index (χ1n) is 11.0. The molecule has 0 unspecified atom stereocenters. The zero-order chi connectivity index (χ0) is 26.7. The van der Waals surface area contributed by atoms with Crippen molar-refractivity contribution in [2.24, 2.45) is 0 Å². The van der Waals surface area contributed by atoms with Gasteiger partial charge in [-0.3, -0.25) is 9.59 Å². The molecule has 1 heterocycles. The number of carbonyl (C=O) groups excluding carboxylic acids is 1. The maximum atomic E-state index is 13.3. The van der Waals surface area contributed by atoms with E-state index in [2.05, 4.69) is 5.32 Å². The minimum atomic E-state index is -4.56. The fourth-order valence-electron chi connectivity index (χ4n) is 3.69. The molecule has 0 aliphatic rings. The molecular formula is C27H22F3NO6. The number of methoxy groups -OCH3 is 2. The molecule has 0 spiro atoms. The Kier molecular flexibility index (Phi) is 7.10. The molecule has 192 valence electrons. The second-order valence-corrected chi connectivity index (χ2v) is 8.07. The second kappa shape index (κ2) is 10.3. The molecule has 0 saturated heterocycles. The Morgan fingerprint density at radius 3 is 2.43 bits per heavy atom. The van der Waals surface area contributed by atoms with Crippen LogP contribution < -0.4 is 25.0 Å². The summed E-state index contributed by atoms with van der Waals surface area (Å²) in [6.07, 6.45) is -4.56. The Balaban J connectivity index is 1.69. The van der Waals surface area contributed by atoms with Gasteiger partial charge in [0.1, 0.15) is 5.58 Å². The van der Waals surface area contributed by atoms with Crippen molar-refractivity contribution in [1.82, 2.24) is 0 Å². The van der Waals surface area contributed by atoms with Gasteiger partial charge < -0.3 is 23.9 Å². The van der Waals surface area contributed by atoms with Gasteiger partial charge in [0.05, 0.1) is 25.2 Å². The number of rotatable bonds is 7. The lowest BCUT2D eigenvalue weighted by atomic mass is 10.1. The van der Waals surface area contributed by atoms with E-state index in [0.717, 1.165) is 17.7 Å². The number of nitrogens with one attached hydrogen (secondary N) is 1. The summed E-state index contributed by atoms with van der Waals surface area (Å²) < 4.78 is 61.2. The highest BCUT2D eigenvalue weighted by Crippen LogP contribution is 2.37. The third-order valence-corrected chi connectivity index (χ3v) is 5.47. The van der Waals surface area contributed by atoms with E-state index in [1.165, 1.54) is 26.4 Å². The smallest absolute Gasteiger partial charge is 0.416 e. The summed E-state index contributed by atoms with van der Waals surface area (Å²) in [4.78, 5) is 25.9. The summed E-state index contributed by atoms with van der Waals surface area (Å²) in [6.45, 7) is 1.19. The number of halogens is 3. The average Bonchev–Trinajstić information content (AvgIpc) is 2.87. The van der Waals surface area contributed by atoms with Crippen LogP contribution in [0.4, 0.5) is 18.9 Å². The largest absolute Gasteiger partial charge is 0.493 e. The van der Waals surface area contributed by atoms with Crippen LogP contribution in [0.5, 0.6) is 17.2 Å². The van der Waals surface area contributed by atoms with E-state index >= 15 is 0 Å². The molecular weight excluding hydrogens is 491 g/mol. The van der Waals surface area contributed by atoms with E-state index in [1.807, 2.05) is 6.92 Å². The van der Waals surface area contributed by atoms with Gasteiger partial charge in [-0.15, -0.1) is 0 Å². The zero-order valence-corrected chi connectivity index (χ0v) is 20.1. The minimum absolute atomic E-state index is 0.0518. The van der Waals surface area contributed by atoms with Crippen LogP contribution in [0.25, 0.3) is 22.3 Å². The van der Waals surface area contributed by atoms with Gasteiger partial charge in [-0.05, 0) is 61.0 Å². The highest BCUT2D eigenvalue weighted by atomic mass is 19.4. The molecule has 0 saturated carbocycles. The lowest BCUT2D eigenvalue weighted by Gasteiger charge is -2.14. The van der Waals surface area contributed by atoms with Crippen LogP contribution in [0.2, 0.25) is 0 Å². The molecule has 0 bridgehead atoms. The zero-order valence-electron chi connectivity index (χ0n) is 20.1. The predicted octanol–water partition coefficient (Wildman–Crippen LogP) is 5.82. The molecule has 1 aromatic heterocycles. The molecule has 1 N–H and O–H groups in total. The molecule has 0 aliphatic heterocycles. The number of anilines is 1. The van der Waals surface area contributed by atoms with Crippen molar-refractivity contribution in [2.45, 2.75) is 13.1 Å². The highest BCUT2D eigenvalue weighted by molar-refractivity contribution is 5.92. The number of fused-ring (bicyclic) bond motifs is 1. The summed E-state index contributed by atoms with van der Waals surface area (Å²) in [5.74, 6) is -0.118. The molecule has 0 fully saturated rings. The third-order valence-electron chi connectivity index (χ3n) is 5.47. The summed E-state index contributed by atoms with van der Waals surface area (Å²) >= 11 is 0. The summed E-state index contributed by atoms with van der Waals surface area (Å²) in [5.41, 5.74) is 0.111. The van der Waals surface area contributed by atoms with Gasteiger partial charge in [0, 0.05) is 11.3 Å². The van der Waals surface area contributed by atoms with Crippen LogP contribution in [-0.4, -0.2) is 26.7 Å². The molecule has 7 nitrogen and oxygen atoms in total. The topological polar surface area (TPSA) is 87.0 Å². The minimum Gasteiger partial charge on any atom is -0.493 e. The van der Waals surface area contributed by atoms with Gasteiger partial charge in [-0.25, -0.2) is 0 Å². The monoisotopic (exact) mass is 513 g/mol. The number of aryl methyl sites for hydroxylation is 1. The number of amides is 1. The van der Waals surface area contributed by atoms with Crippen LogP contribution in [0.1, 0.15) is 11.1 Å². The van der Waals surface area contributed by atoms with Crippen LogP contribution in [-0.2, 0) is 11.0 Å². The Labute approximate surface area is 209 Å². The van der Waals surface area contributed by atoms with Gasteiger partial charge in [-0.1, -0.05) is 12.1 Å². The lowest BCUT2D eigenvalue weighted by molar-refractivity contribution is -0.137. The SMILES string of the molecule is COc1ccc(-c2oc3cc(C)ccc3c(=O)c2OCC(=O)Nc2cccc(C(F)(F)F)c2)cc1OC. The van der Waals surface area contributed by atoms with Crippen LogP contribution in [0.15, 0.2) is 69.9 Å². The highest BCUT2D eigenvalue weighted by Gasteiger charge is 2.30. The Morgan fingerprint density at radius 2 is 1.73 bits per heavy atom. The molecule has 4 rings (SSSR count). The van der Waals surface area contributed by atoms with Gasteiger partial charge >= 0.3 is 6.18 Å². The van der Waals surface area contributed by atoms with E-state index in [1.54, 1.807) is 36.4 Å². The Morgan fingerprint density at radius 1 is 0.973 bits per heavy atom. The van der Waals surface area contributed by atoms with Crippen molar-refractivity contribution in [3.05, 3.63) is 82.0 Å². The average molecular weight is 513 g/mol. The predicted molar refractivity (Wildman–Crippen MR) is 131 cm³/mol. The Bertz CT molecular complexity index is 1530. The van der Waals surface area contributed by atoms with E-state index in [-0.39, 0.29) is 22.6 Å². The molecule has 37 heavy (non-hydrogen) atoms. The van der Waals surface area contributed by atoms with Gasteiger partial charge in [0.25, 0.3) is 5.91 Å². The summed E-state index contributed by atoms with van der Waals surface area (Å²) in [6, 6.07) is 14.1. The van der Waals surface area contributed by atoms with Crippen molar-refractivity contribution in [3.63, 3.8) is 0 Å². The fourth-order valence-corrected chi connectivity index (χ4v) is 3.69. The maximum Gasteiger partial charge on any atom is 0.416 e. The number of alkyl halides is 3. The van der Waals surface area contributed by atoms with E-state index < -0.39 is 29.7 Å². The van der Waals surface area contributed by atoms with Crippen molar-refractivity contribution >= 4 is 22.6 Å². The quantitative estimate of drug-likeness (QED) is 0.335. The molecule has 0 radical (unpaired) electrons. The molecule has 4 aromatic rings. The first-order valence-corrected chi connectivity index (χ1v) is 11.0. The fraction of sp³-hybridized carbons (Fsp3) is 0.185. The molecule has 0 aliphatic carbocycles. The summed E-state index contributed by atoms with van der Waals surface area (Å²) in [5, 5.41) is 2.59. The maximum absolute atomic E-state index is 13.3. The normalized spacial score (nSPS) is 11.3. The van der Waals surface area contributed by atoms with Crippen molar-refractivity contribution in [3.8, 4) is 28.6 Å². The standard InChI is InChI=1S/C27H22F3NO6/c1-15-7-9-19-21(11-15)37-25(16-8-10-20(34-2)22(12-16)35-3)26(24(19)33)36-14-23(32)31-18-6-4-5-17(13-18)27(28,29)30/h4-13H,14H2,1-3H3,(H,31,32). The first kappa shape index (κ1) is 25.6. The van der Waals surface area contributed by atoms with Crippen LogP contribution in [0.3, 0.4) is 0 Å². The van der Waals surface area contributed by atoms with Crippen molar-refractivity contribution in [1.29, 1.82) is 0 Å². The molecule has 1 amide bonds. The van der Waals surface area contributed by atoms with Gasteiger partial charge in [0.15, 0.2) is 23.9 Å². The van der Waals surface area contributed by atoms with E-state index in [0.29, 0.717) is 22.6 Å². The first-order chi connectivity index (χ1) is 17.6. The van der Waals surface area contributed by atoms with Gasteiger partial charge in [-0.2, -0.15) is 13.2 Å². The van der Waals surface area contributed by atoms with Crippen LogP contribution >= 0.6 is 0 Å². The van der Waals surface area contributed by atoms with Crippen LogP contribution in [0, 0.1) is 6.92 Å². The number of carbonyl (C=O) groups is 1. The van der Waals surface area contributed by atoms with Crippen molar-refractivity contribution < 1.29 is 36.6 Å². The molecule has 0 atom stereocenters. The second-order valence-electron chi connectivity index (χ2n) is 8.07. The number of benzene rings is 3. The lowest BCUT2D eigenvalue weighted by Crippen LogP contribution is -2.23. The third kappa shape index (κ3) is 5.53. The number of hydrogen-bond acceptors (Lipinski definition) is 6. The van der Waals surface area contributed by atoms with Gasteiger partial charge in [0.2, 0.25) is 11.2 Å². The number of ether oxygens (including phenoxy) is 3.